The number of para-hydroxylation sites is 3. The van der Waals surface area contributed by atoms with E-state index in [2.05, 4.69) is 115 Å². The van der Waals surface area contributed by atoms with Gasteiger partial charge in [0, 0.05) is 27.6 Å². The van der Waals surface area contributed by atoms with Crippen LogP contribution in [0.4, 0.5) is 0 Å². The molecule has 1 aliphatic carbocycles. The zero-order valence-corrected chi connectivity index (χ0v) is 22.7. The Morgan fingerprint density at radius 2 is 1.07 bits per heavy atom. The van der Waals surface area contributed by atoms with Crippen LogP contribution in [-0.4, -0.2) is 9.97 Å². The van der Waals surface area contributed by atoms with Crippen LogP contribution in [0, 0.1) is 0 Å². The van der Waals surface area contributed by atoms with E-state index in [1.54, 1.807) is 0 Å². The second kappa shape index (κ2) is 8.73. The van der Waals surface area contributed by atoms with Gasteiger partial charge in [0.25, 0.3) is 0 Å². The van der Waals surface area contributed by atoms with Gasteiger partial charge < -0.3 is 4.74 Å². The Morgan fingerprint density at radius 3 is 1.86 bits per heavy atom. The molecule has 42 heavy (non-hydrogen) atoms. The maximum Gasteiger partial charge on any atom is 0.160 e. The van der Waals surface area contributed by atoms with Gasteiger partial charge in [-0.3, -0.25) is 0 Å². The molecule has 3 nitrogen and oxygen atoms in total. The first-order valence-electron chi connectivity index (χ1n) is 14.3. The maximum absolute atomic E-state index is 6.46. The third-order valence-corrected chi connectivity index (χ3v) is 8.76. The number of hydrogen-bond donors (Lipinski definition) is 0. The molecular weight excluding hydrogens is 512 g/mol. The van der Waals surface area contributed by atoms with Crippen LogP contribution in [0.5, 0.6) is 11.5 Å². The highest BCUT2D eigenvalue weighted by Crippen LogP contribution is 2.62. The van der Waals surface area contributed by atoms with E-state index >= 15 is 0 Å². The SMILES string of the molecule is c1ccc(-c2nc(-c3ccc4c(c3)-c3ccccc3C43c4ccccc4Oc4ccccc43)nc3ccccc23)cc1. The van der Waals surface area contributed by atoms with Crippen LogP contribution < -0.4 is 4.74 Å². The molecule has 1 aliphatic heterocycles. The largest absolute Gasteiger partial charge is 0.457 e. The summed E-state index contributed by atoms with van der Waals surface area (Å²) in [5.41, 5.74) is 10.8. The maximum atomic E-state index is 6.46. The van der Waals surface area contributed by atoms with Gasteiger partial charge in [-0.1, -0.05) is 121 Å². The molecule has 1 spiro atoms. The monoisotopic (exact) mass is 536 g/mol. The highest BCUT2D eigenvalue weighted by molar-refractivity contribution is 5.95. The zero-order chi connectivity index (χ0) is 27.7. The van der Waals surface area contributed by atoms with Gasteiger partial charge >= 0.3 is 0 Å². The minimum atomic E-state index is -0.477. The van der Waals surface area contributed by atoms with Crippen molar-refractivity contribution in [3.63, 3.8) is 0 Å². The average molecular weight is 537 g/mol. The highest BCUT2D eigenvalue weighted by atomic mass is 16.5. The Kier molecular flexibility index (Phi) is 4.82. The van der Waals surface area contributed by atoms with E-state index in [9.17, 15) is 0 Å². The lowest BCUT2D eigenvalue weighted by Crippen LogP contribution is -2.32. The molecule has 9 rings (SSSR count). The van der Waals surface area contributed by atoms with E-state index in [-0.39, 0.29) is 0 Å². The molecule has 0 bridgehead atoms. The fourth-order valence-corrected chi connectivity index (χ4v) is 7.02. The van der Waals surface area contributed by atoms with E-state index in [1.807, 2.05) is 30.3 Å². The van der Waals surface area contributed by atoms with Crippen molar-refractivity contribution in [2.24, 2.45) is 0 Å². The minimum absolute atomic E-state index is 0.477. The number of benzene rings is 6. The normalized spacial score (nSPS) is 13.6. The second-order valence-corrected chi connectivity index (χ2v) is 10.9. The van der Waals surface area contributed by atoms with E-state index in [1.165, 1.54) is 22.3 Å². The van der Waals surface area contributed by atoms with Gasteiger partial charge in [-0.05, 0) is 46.5 Å². The predicted molar refractivity (Wildman–Crippen MR) is 168 cm³/mol. The molecule has 3 heteroatoms. The van der Waals surface area contributed by atoms with Crippen molar-refractivity contribution in [3.8, 4) is 45.3 Å². The van der Waals surface area contributed by atoms with Crippen molar-refractivity contribution >= 4 is 10.9 Å². The van der Waals surface area contributed by atoms with Gasteiger partial charge in [-0.25, -0.2) is 9.97 Å². The van der Waals surface area contributed by atoms with Crippen LogP contribution >= 0.6 is 0 Å². The summed E-state index contributed by atoms with van der Waals surface area (Å²) >= 11 is 0. The number of rotatable bonds is 2. The molecule has 7 aromatic rings. The average Bonchev–Trinajstić information content (AvgIpc) is 3.35. The molecule has 6 aromatic carbocycles. The lowest BCUT2D eigenvalue weighted by molar-refractivity contribution is 0.436. The molecule has 2 heterocycles. The van der Waals surface area contributed by atoms with Gasteiger partial charge in [-0.15, -0.1) is 0 Å². The number of aromatic nitrogens is 2. The molecule has 0 amide bonds. The van der Waals surface area contributed by atoms with Crippen molar-refractivity contribution in [1.29, 1.82) is 0 Å². The highest BCUT2D eigenvalue weighted by Gasteiger charge is 2.50. The third kappa shape index (κ3) is 3.11. The molecule has 0 radical (unpaired) electrons. The van der Waals surface area contributed by atoms with Crippen LogP contribution in [-0.2, 0) is 5.41 Å². The van der Waals surface area contributed by atoms with Crippen molar-refractivity contribution in [1.82, 2.24) is 9.97 Å². The smallest absolute Gasteiger partial charge is 0.160 e. The van der Waals surface area contributed by atoms with E-state index in [0.717, 1.165) is 56.2 Å². The summed E-state index contributed by atoms with van der Waals surface area (Å²) in [6.45, 7) is 0. The van der Waals surface area contributed by atoms with Gasteiger partial charge in [0.1, 0.15) is 11.5 Å². The van der Waals surface area contributed by atoms with Crippen LogP contribution in [0.3, 0.4) is 0 Å². The summed E-state index contributed by atoms with van der Waals surface area (Å²) in [6.07, 6.45) is 0. The molecule has 1 aromatic heterocycles. The number of nitrogens with zero attached hydrogens (tertiary/aromatic N) is 2. The minimum Gasteiger partial charge on any atom is -0.457 e. The zero-order valence-electron chi connectivity index (χ0n) is 22.7. The molecule has 0 saturated carbocycles. The molecule has 2 aliphatic rings. The van der Waals surface area contributed by atoms with Gasteiger partial charge in [0.15, 0.2) is 5.82 Å². The van der Waals surface area contributed by atoms with E-state index < -0.39 is 5.41 Å². The number of ether oxygens (including phenoxy) is 1. The number of fused-ring (bicyclic) bond motifs is 10. The summed E-state index contributed by atoms with van der Waals surface area (Å²) in [6, 6.07) is 51.1. The van der Waals surface area contributed by atoms with Gasteiger partial charge in [-0.2, -0.15) is 0 Å². The van der Waals surface area contributed by atoms with Crippen molar-refractivity contribution in [3.05, 3.63) is 168 Å². The molecular formula is C39H24N2O. The summed E-state index contributed by atoms with van der Waals surface area (Å²) in [5, 5.41) is 1.05. The quantitative estimate of drug-likeness (QED) is 0.221. The lowest BCUT2D eigenvalue weighted by atomic mass is 9.66. The van der Waals surface area contributed by atoms with Crippen LogP contribution in [0.2, 0.25) is 0 Å². The Bertz CT molecular complexity index is 2140. The summed E-state index contributed by atoms with van der Waals surface area (Å²) in [4.78, 5) is 10.2. The third-order valence-electron chi connectivity index (χ3n) is 8.76. The first-order valence-corrected chi connectivity index (χ1v) is 14.3. The van der Waals surface area contributed by atoms with E-state index in [4.69, 9.17) is 14.7 Å². The summed E-state index contributed by atoms with van der Waals surface area (Å²) in [5.74, 6) is 2.52. The molecule has 196 valence electrons. The predicted octanol–water partition coefficient (Wildman–Crippen LogP) is 9.43. The van der Waals surface area contributed by atoms with Gasteiger partial charge in [0.2, 0.25) is 0 Å². The number of hydrogen-bond acceptors (Lipinski definition) is 3. The van der Waals surface area contributed by atoms with Crippen LogP contribution in [0.25, 0.3) is 44.7 Å². The molecule has 0 N–H and O–H groups in total. The van der Waals surface area contributed by atoms with Crippen LogP contribution in [0.15, 0.2) is 146 Å². The van der Waals surface area contributed by atoms with Crippen molar-refractivity contribution < 1.29 is 4.74 Å². The Labute approximate surface area is 243 Å². The summed E-state index contributed by atoms with van der Waals surface area (Å²) in [7, 11) is 0. The summed E-state index contributed by atoms with van der Waals surface area (Å²) < 4.78 is 6.46. The van der Waals surface area contributed by atoms with Gasteiger partial charge in [0.05, 0.1) is 16.6 Å². The second-order valence-electron chi connectivity index (χ2n) is 10.9. The lowest BCUT2D eigenvalue weighted by Gasteiger charge is -2.39. The first-order chi connectivity index (χ1) is 20.8. The topological polar surface area (TPSA) is 35.0 Å². The Hall–Kier alpha value is -5.54. The van der Waals surface area contributed by atoms with Crippen LogP contribution in [0.1, 0.15) is 22.3 Å². The van der Waals surface area contributed by atoms with Crippen molar-refractivity contribution in [2.45, 2.75) is 5.41 Å². The fourth-order valence-electron chi connectivity index (χ4n) is 7.02. The van der Waals surface area contributed by atoms with E-state index in [0.29, 0.717) is 0 Å². The first kappa shape index (κ1) is 23.2. The molecule has 0 unspecified atom stereocenters. The fraction of sp³-hybridized carbons (Fsp3) is 0.0256. The van der Waals surface area contributed by atoms with Crippen molar-refractivity contribution in [2.75, 3.05) is 0 Å². The Morgan fingerprint density at radius 1 is 0.452 bits per heavy atom. The standard InChI is InChI=1S/C39H24N2O/c1-2-12-25(13-3-1)37-28-15-5-9-19-34(28)40-38(41-37)26-22-23-31-29(24-26)27-14-4-6-16-30(27)39(31)32-17-7-10-20-35(32)42-36-21-11-8-18-33(36)39/h1-24H. The Balaban J connectivity index is 1.32. The molecule has 0 fully saturated rings. The molecule has 0 atom stereocenters. The molecule has 0 saturated heterocycles.